The molecule has 120 heavy (non-hydrogen) atoms. The van der Waals surface area contributed by atoms with E-state index in [1.54, 1.807) is 49.1 Å². The first kappa shape index (κ1) is 84.8. The maximum absolute atomic E-state index is 12.8. The SMILES string of the molecule is COc1ccc(-c2cc(=O)n3cc(N4CCNCC4)ccc3n2)cc1OC(F)(F)F.COc1ccc(-c2cc(=O)n3cc(N4CCN[C@@H](C)C4)ccc3n2)cc1OC(F)(F)F.C[C@H]1CN(c2ccc3nc(-c4ccc(O)c(OC(F)(F)F)c4)cc(=O)n3c2)CCN1.O=c1cc(-c2ccc(O)c(OC(F)(F)F)c2)nc2ccc(N3CCNCC3)cn12. The Labute approximate surface area is 672 Å². The summed E-state index contributed by atoms with van der Waals surface area (Å²) in [6.45, 7) is 15.9. The Morgan fingerprint density at radius 1 is 0.333 bits per heavy atom. The minimum atomic E-state index is -4.95. The van der Waals surface area contributed by atoms with Crippen molar-refractivity contribution in [2.24, 2.45) is 0 Å². The van der Waals surface area contributed by atoms with Gasteiger partial charge in [0, 0.05) is 175 Å². The number of hydrogen-bond donors (Lipinski definition) is 6. The lowest BCUT2D eigenvalue weighted by molar-refractivity contribution is -0.276. The third-order valence-corrected chi connectivity index (χ3v) is 19.3. The molecule has 8 aromatic heterocycles. The van der Waals surface area contributed by atoms with E-state index in [4.69, 9.17) is 9.47 Å². The van der Waals surface area contributed by atoms with Gasteiger partial charge in [0.2, 0.25) is 0 Å². The van der Waals surface area contributed by atoms with Gasteiger partial charge in [0.05, 0.1) is 59.7 Å². The quantitative estimate of drug-likeness (QED) is 0.0551. The second kappa shape index (κ2) is 35.6. The summed E-state index contributed by atoms with van der Waals surface area (Å²) in [5, 5.41) is 32.5. The first-order valence-corrected chi connectivity index (χ1v) is 37.2. The third-order valence-electron chi connectivity index (χ3n) is 19.3. The number of ether oxygens (including phenoxy) is 6. The molecule has 28 nitrogen and oxygen atoms in total. The number of rotatable bonds is 14. The van der Waals surface area contributed by atoms with Crippen LogP contribution in [0, 0.1) is 0 Å². The van der Waals surface area contributed by atoms with Crippen molar-refractivity contribution in [3.05, 3.63) is 212 Å². The first-order chi connectivity index (χ1) is 57.1. The fourth-order valence-electron chi connectivity index (χ4n) is 13.7. The molecule has 2 atom stereocenters. The Hall–Kier alpha value is -13.1. The van der Waals surface area contributed by atoms with E-state index in [2.05, 4.69) is 93.6 Å². The molecule has 4 aliphatic rings. The van der Waals surface area contributed by atoms with Crippen molar-refractivity contribution in [1.82, 2.24) is 58.8 Å². The summed E-state index contributed by atoms with van der Waals surface area (Å²) in [5.41, 5.74) is 5.57. The highest BCUT2D eigenvalue weighted by atomic mass is 19.4. The van der Waals surface area contributed by atoms with Crippen LogP contribution in [-0.4, -0.2) is 191 Å². The van der Waals surface area contributed by atoms with Crippen molar-refractivity contribution in [2.75, 3.05) is 125 Å². The number of pyridine rings is 4. The van der Waals surface area contributed by atoms with Crippen LogP contribution in [0.1, 0.15) is 13.8 Å². The number of anilines is 4. The lowest BCUT2D eigenvalue weighted by atomic mass is 10.1. The minimum absolute atomic E-state index is 0.0748. The monoisotopic (exact) mass is 1680 g/mol. The maximum atomic E-state index is 12.8. The molecule has 0 aliphatic carbocycles. The molecule has 0 saturated carbocycles. The van der Waals surface area contributed by atoms with Crippen molar-refractivity contribution in [3.63, 3.8) is 0 Å². The average molecular weight is 1680 g/mol. The van der Waals surface area contributed by atoms with Gasteiger partial charge in [0.1, 0.15) is 22.6 Å². The van der Waals surface area contributed by atoms with Gasteiger partial charge in [-0.05, 0) is 135 Å². The van der Waals surface area contributed by atoms with Crippen molar-refractivity contribution >= 4 is 45.3 Å². The number of aromatic hydroxyl groups is 2. The van der Waals surface area contributed by atoms with Crippen LogP contribution < -0.4 is 91.5 Å². The number of hydrogen-bond acceptors (Lipinski definition) is 24. The Balaban J connectivity index is 0.000000138. The van der Waals surface area contributed by atoms with E-state index >= 15 is 0 Å². The number of nitrogens with zero attached hydrogens (tertiary/aromatic N) is 12. The summed E-state index contributed by atoms with van der Waals surface area (Å²) in [4.78, 5) is 77.1. The molecule has 632 valence electrons. The molecule has 12 aromatic rings. The van der Waals surface area contributed by atoms with Crippen LogP contribution >= 0.6 is 0 Å². The Bertz CT molecular complexity index is 5980. The predicted octanol–water partition coefficient (Wildman–Crippen LogP) is 10.9. The van der Waals surface area contributed by atoms with E-state index in [1.165, 1.54) is 92.5 Å². The molecular formula is C80H76F12N16O12. The predicted molar refractivity (Wildman–Crippen MR) is 420 cm³/mol. The lowest BCUT2D eigenvalue weighted by Crippen LogP contribution is -2.49. The Morgan fingerprint density at radius 2 is 0.592 bits per heavy atom. The summed E-state index contributed by atoms with van der Waals surface area (Å²) in [5.74, 6) is -4.00. The molecule has 4 saturated heterocycles. The summed E-state index contributed by atoms with van der Waals surface area (Å²) in [6, 6.07) is 34.9. The molecule has 16 rings (SSSR count). The van der Waals surface area contributed by atoms with Crippen molar-refractivity contribution < 1.29 is 91.3 Å². The van der Waals surface area contributed by atoms with E-state index in [0.717, 1.165) is 151 Å². The lowest BCUT2D eigenvalue weighted by Gasteiger charge is -2.33. The van der Waals surface area contributed by atoms with Crippen LogP contribution in [-0.2, 0) is 0 Å². The summed E-state index contributed by atoms with van der Waals surface area (Å²) in [6.07, 6.45) is -12.8. The molecular weight excluding hydrogens is 1600 g/mol. The summed E-state index contributed by atoms with van der Waals surface area (Å²) >= 11 is 0. The molecule has 12 heterocycles. The highest BCUT2D eigenvalue weighted by Crippen LogP contribution is 2.40. The van der Waals surface area contributed by atoms with Crippen LogP contribution in [0.5, 0.6) is 46.0 Å². The number of halogens is 12. The standard InChI is InChI=1S/C21H21F3N4O3.2C20H19F3N4O3.C19H17F3N4O3/c1-13-11-27(8-7-25-13)15-4-6-19-26-16(10-20(29)28(19)12-15)14-3-5-17(30-2)18(9-14)31-21(22,23)24;1-29-16-4-2-13(10-17(16)30-20(21,22)23)15-11-19(28)27-12-14(3-5-18(27)25-15)26-8-6-24-7-9-26;1-12-10-26(7-6-24-12)14-3-5-18-25-15(9-19(29)27(18)11-14)13-2-4-16(28)17(8-13)30-20(21,22)23;20-19(21,22)29-16-9-12(1-3-15(16)27)14-10-18(28)26-11-13(2-4-17(26)24-14)25-7-5-23-6-8-25/h3-6,9-10,12-13,25H,7-8,11H2,1-2H3;2-5,10-12,24H,6-9H2,1H3;2-5,8-9,11-12,24,28H,6-7,10H2,1H3;1-4,9-11,23,27H,5-8H2/t13-;;12-;/m0.0./s1. The van der Waals surface area contributed by atoms with Gasteiger partial charge in [-0.15, -0.1) is 52.7 Å². The number of benzene rings is 4. The maximum Gasteiger partial charge on any atom is 0.573 e. The van der Waals surface area contributed by atoms with Crippen molar-refractivity contribution in [3.8, 4) is 91.0 Å². The van der Waals surface area contributed by atoms with Crippen molar-refractivity contribution in [1.29, 1.82) is 0 Å². The molecule has 4 aliphatic heterocycles. The minimum Gasteiger partial charge on any atom is -0.504 e. The molecule has 0 unspecified atom stereocenters. The van der Waals surface area contributed by atoms with Crippen molar-refractivity contribution in [2.45, 2.75) is 51.4 Å². The van der Waals surface area contributed by atoms with Crippen LogP contribution in [0.15, 0.2) is 190 Å². The van der Waals surface area contributed by atoms with E-state index in [9.17, 15) is 82.1 Å². The van der Waals surface area contributed by atoms with Crippen LogP contribution in [0.2, 0.25) is 0 Å². The second-order valence-electron chi connectivity index (χ2n) is 27.7. The molecule has 4 fully saturated rings. The third kappa shape index (κ3) is 21.2. The topological polar surface area (TPSA) is 294 Å². The number of alkyl halides is 12. The van der Waals surface area contributed by atoms with E-state index < -0.39 is 59.9 Å². The molecule has 0 radical (unpaired) electrons. The number of fused-ring (bicyclic) bond motifs is 4. The van der Waals surface area contributed by atoms with Gasteiger partial charge in [-0.1, -0.05) is 0 Å². The zero-order valence-corrected chi connectivity index (χ0v) is 64.1. The van der Waals surface area contributed by atoms with Gasteiger partial charge in [-0.2, -0.15) is 0 Å². The fourth-order valence-corrected chi connectivity index (χ4v) is 13.7. The van der Waals surface area contributed by atoms with Crippen LogP contribution in [0.3, 0.4) is 0 Å². The zero-order valence-electron chi connectivity index (χ0n) is 64.1. The molecule has 0 bridgehead atoms. The molecule has 0 spiro atoms. The van der Waals surface area contributed by atoms with Gasteiger partial charge in [-0.25, -0.2) is 19.9 Å². The first-order valence-electron chi connectivity index (χ1n) is 37.2. The normalized spacial score (nSPS) is 16.0. The largest absolute Gasteiger partial charge is 0.573 e. The molecule has 0 amide bonds. The number of piperazine rings is 4. The fraction of sp³-hybridized carbons (Fsp3) is 0.300. The van der Waals surface area contributed by atoms with Gasteiger partial charge >= 0.3 is 25.4 Å². The zero-order chi connectivity index (χ0) is 85.5. The van der Waals surface area contributed by atoms with Gasteiger partial charge in [0.15, 0.2) is 46.0 Å². The summed E-state index contributed by atoms with van der Waals surface area (Å²) in [7, 11) is 2.49. The summed E-state index contributed by atoms with van der Waals surface area (Å²) < 4.78 is 183. The van der Waals surface area contributed by atoms with E-state index in [1.807, 2.05) is 24.3 Å². The van der Waals surface area contributed by atoms with Gasteiger partial charge in [-0.3, -0.25) is 36.8 Å². The highest BCUT2D eigenvalue weighted by molar-refractivity contribution is 5.71. The number of methoxy groups -OCH3 is 2. The Kier molecular flexibility index (Phi) is 25.2. The van der Waals surface area contributed by atoms with E-state index in [-0.39, 0.29) is 67.6 Å². The Morgan fingerprint density at radius 3 is 0.867 bits per heavy atom. The number of phenolic OH excluding ortho intramolecular Hbond substituents is 2. The molecule has 4 aromatic carbocycles. The number of phenols is 2. The van der Waals surface area contributed by atoms with Gasteiger partial charge < -0.3 is 79.5 Å². The average Bonchev–Trinajstić information content (AvgIpc) is 0.793. The highest BCUT2D eigenvalue weighted by Gasteiger charge is 2.36. The second-order valence-corrected chi connectivity index (χ2v) is 27.7. The molecule has 40 heteroatoms. The molecule has 6 N–H and O–H groups in total. The number of nitrogens with one attached hydrogen (secondary N) is 4. The van der Waals surface area contributed by atoms with E-state index in [0.29, 0.717) is 45.8 Å². The smallest absolute Gasteiger partial charge is 0.504 e. The number of aromatic nitrogens is 8. The van der Waals surface area contributed by atoms with Crippen LogP contribution in [0.4, 0.5) is 75.4 Å². The van der Waals surface area contributed by atoms with Gasteiger partial charge in [0.25, 0.3) is 22.2 Å². The van der Waals surface area contributed by atoms with Crippen LogP contribution in [0.25, 0.3) is 67.6 Å².